The van der Waals surface area contributed by atoms with E-state index in [9.17, 15) is 9.59 Å². The van der Waals surface area contributed by atoms with Crippen molar-refractivity contribution in [3.05, 3.63) is 68.5 Å². The summed E-state index contributed by atoms with van der Waals surface area (Å²) >= 11 is 13.8. The van der Waals surface area contributed by atoms with Crippen LogP contribution in [0.25, 0.3) is 5.69 Å². The van der Waals surface area contributed by atoms with E-state index in [1.807, 2.05) is 6.07 Å². The van der Waals surface area contributed by atoms with Gasteiger partial charge in [0.25, 0.3) is 5.56 Å². The molecule has 3 heterocycles. The number of aromatic nitrogens is 3. The number of anilines is 1. The van der Waals surface area contributed by atoms with Crippen LogP contribution in [0.4, 0.5) is 10.5 Å². The quantitative estimate of drug-likeness (QED) is 0.615. The Morgan fingerprint density at radius 1 is 1.19 bits per heavy atom. The van der Waals surface area contributed by atoms with Crippen molar-refractivity contribution >= 4 is 52.2 Å². The Labute approximate surface area is 188 Å². The fourth-order valence-electron chi connectivity index (χ4n) is 2.52. The van der Waals surface area contributed by atoms with E-state index in [-0.39, 0.29) is 44.3 Å². The zero-order valence-electron chi connectivity index (χ0n) is 15.2. The third-order valence-electron chi connectivity index (χ3n) is 3.92. The molecule has 4 rings (SSSR count). The lowest BCUT2D eigenvalue weighted by molar-refractivity contribution is 0.248. The smallest absolute Gasteiger partial charge is 0.347 e. The predicted molar refractivity (Wildman–Crippen MR) is 115 cm³/mol. The van der Waals surface area contributed by atoms with E-state index in [2.05, 4.69) is 26.5 Å². The van der Waals surface area contributed by atoms with Crippen LogP contribution >= 0.6 is 34.7 Å². The molecule has 1 aromatic carbocycles. The standard InChI is InChI=1S/C18H9Cl2N7O3S/c1-9-14(6-21)24-27(18(29)23-9)10-4-12(19)17(13(20)5-10)30-15-2-3-16(28)26(25-15)11-7-22-31-8-11/h2-5,7-8H,1H2,(H,23,29). The normalized spacial score (nSPS) is 13.5. The molecule has 10 nitrogen and oxygen atoms in total. The lowest BCUT2D eigenvalue weighted by atomic mass is 10.2. The molecule has 0 atom stereocenters. The first-order valence-corrected chi connectivity index (χ1v) is 9.92. The van der Waals surface area contributed by atoms with Crippen molar-refractivity contribution < 1.29 is 9.53 Å². The van der Waals surface area contributed by atoms with Gasteiger partial charge in [-0.3, -0.25) is 4.79 Å². The molecular weight excluding hydrogens is 465 g/mol. The molecule has 0 spiro atoms. The Balaban J connectivity index is 1.68. The van der Waals surface area contributed by atoms with Gasteiger partial charge in [-0.05, 0) is 23.7 Å². The molecule has 154 valence electrons. The fraction of sp³-hybridized carbons (Fsp3) is 0. The van der Waals surface area contributed by atoms with Crippen LogP contribution in [0.15, 0.2) is 58.0 Å². The highest BCUT2D eigenvalue weighted by Crippen LogP contribution is 2.39. The molecule has 0 unspecified atom stereocenters. The molecule has 0 fully saturated rings. The number of hydrogen-bond acceptors (Lipinski definition) is 8. The van der Waals surface area contributed by atoms with Gasteiger partial charge in [-0.2, -0.15) is 24.4 Å². The first-order valence-electron chi connectivity index (χ1n) is 8.33. The van der Waals surface area contributed by atoms with E-state index in [1.54, 1.807) is 5.38 Å². The zero-order chi connectivity index (χ0) is 22.1. The van der Waals surface area contributed by atoms with Crippen molar-refractivity contribution in [2.24, 2.45) is 5.10 Å². The van der Waals surface area contributed by atoms with Gasteiger partial charge in [-0.15, -0.1) is 5.10 Å². The maximum atomic E-state index is 12.2. The Kier molecular flexibility index (Phi) is 5.43. The number of halogens is 2. The lowest BCUT2D eigenvalue weighted by Gasteiger charge is -2.24. The van der Waals surface area contributed by atoms with Gasteiger partial charge in [0, 0.05) is 17.5 Å². The highest BCUT2D eigenvalue weighted by atomic mass is 35.5. The van der Waals surface area contributed by atoms with E-state index in [4.69, 9.17) is 33.2 Å². The minimum atomic E-state index is -0.636. The number of amides is 2. The van der Waals surface area contributed by atoms with Crippen LogP contribution in [0.1, 0.15) is 0 Å². The summed E-state index contributed by atoms with van der Waals surface area (Å²) < 4.78 is 10.8. The highest BCUT2D eigenvalue weighted by Gasteiger charge is 2.26. The second-order valence-electron chi connectivity index (χ2n) is 5.93. The Hall–Kier alpha value is -3.72. The number of carbonyl (C=O) groups is 1. The van der Waals surface area contributed by atoms with Crippen molar-refractivity contribution in [2.75, 3.05) is 5.01 Å². The summed E-state index contributed by atoms with van der Waals surface area (Å²) in [5.74, 6) is 0.110. The number of hydrogen-bond donors (Lipinski definition) is 1. The van der Waals surface area contributed by atoms with Crippen LogP contribution in [0.5, 0.6) is 11.6 Å². The molecule has 1 aliphatic heterocycles. The van der Waals surface area contributed by atoms with Crippen molar-refractivity contribution in [2.45, 2.75) is 0 Å². The Morgan fingerprint density at radius 3 is 2.58 bits per heavy atom. The monoisotopic (exact) mass is 473 g/mol. The van der Waals surface area contributed by atoms with Gasteiger partial charge in [0.1, 0.15) is 6.07 Å². The molecule has 0 saturated carbocycles. The number of ether oxygens (including phenoxy) is 1. The van der Waals surface area contributed by atoms with E-state index in [1.165, 1.54) is 42.0 Å². The lowest BCUT2D eigenvalue weighted by Crippen LogP contribution is -2.42. The second-order valence-corrected chi connectivity index (χ2v) is 7.40. The first kappa shape index (κ1) is 20.5. The number of nitrogens with one attached hydrogen (secondary N) is 1. The van der Waals surface area contributed by atoms with Gasteiger partial charge in [0.05, 0.1) is 33.3 Å². The third-order valence-corrected chi connectivity index (χ3v) is 5.05. The SMILES string of the molecule is C=C1NC(=O)N(c2cc(Cl)c(Oc3ccc(=O)n(-c4cnsc4)n3)c(Cl)c2)N=C1C#N. The molecule has 2 amide bonds. The van der Waals surface area contributed by atoms with E-state index in [0.717, 1.165) is 9.69 Å². The van der Waals surface area contributed by atoms with Gasteiger partial charge in [-0.25, -0.2) is 4.79 Å². The first-order chi connectivity index (χ1) is 14.9. The Morgan fingerprint density at radius 2 is 1.94 bits per heavy atom. The zero-order valence-corrected chi connectivity index (χ0v) is 17.6. The average Bonchev–Trinajstić information content (AvgIpc) is 3.26. The topological polar surface area (TPSA) is 126 Å². The molecule has 1 aliphatic rings. The molecule has 0 saturated heterocycles. The van der Waals surface area contributed by atoms with Crippen molar-refractivity contribution in [1.82, 2.24) is 19.5 Å². The molecule has 1 N–H and O–H groups in total. The molecule has 0 aliphatic carbocycles. The molecule has 13 heteroatoms. The number of allylic oxidation sites excluding steroid dienone is 1. The maximum Gasteiger partial charge on any atom is 0.347 e. The molecule has 0 radical (unpaired) electrons. The molecular formula is C18H9Cl2N7O3S. The highest BCUT2D eigenvalue weighted by molar-refractivity contribution is 7.03. The summed E-state index contributed by atoms with van der Waals surface area (Å²) in [4.78, 5) is 24.3. The third kappa shape index (κ3) is 3.99. The molecule has 31 heavy (non-hydrogen) atoms. The summed E-state index contributed by atoms with van der Waals surface area (Å²) in [6.45, 7) is 3.55. The average molecular weight is 474 g/mol. The Bertz CT molecular complexity index is 1320. The van der Waals surface area contributed by atoms with Crippen LogP contribution in [0.2, 0.25) is 10.0 Å². The molecule has 0 bridgehead atoms. The number of benzene rings is 1. The van der Waals surface area contributed by atoms with E-state index >= 15 is 0 Å². The van der Waals surface area contributed by atoms with Crippen LogP contribution in [-0.2, 0) is 0 Å². The van der Waals surface area contributed by atoms with Crippen molar-refractivity contribution in [3.8, 4) is 23.4 Å². The number of rotatable bonds is 4. The number of nitrogens with zero attached hydrogens (tertiary/aromatic N) is 6. The van der Waals surface area contributed by atoms with Crippen LogP contribution < -0.4 is 20.6 Å². The van der Waals surface area contributed by atoms with Gasteiger partial charge in [0.2, 0.25) is 5.88 Å². The summed E-state index contributed by atoms with van der Waals surface area (Å²) in [6.07, 6.45) is 1.49. The van der Waals surface area contributed by atoms with Gasteiger partial charge < -0.3 is 10.1 Å². The van der Waals surface area contributed by atoms with Crippen LogP contribution in [-0.4, -0.2) is 25.9 Å². The minimum absolute atomic E-state index is 0.0464. The number of hydrazone groups is 1. The number of nitriles is 1. The minimum Gasteiger partial charge on any atom is -0.434 e. The summed E-state index contributed by atoms with van der Waals surface area (Å²) in [5.41, 5.74) is 0.327. The summed E-state index contributed by atoms with van der Waals surface area (Å²) in [7, 11) is 0. The molecule has 3 aromatic rings. The number of carbonyl (C=O) groups excluding carboxylic acids is 1. The molecule has 2 aromatic heterocycles. The van der Waals surface area contributed by atoms with E-state index in [0.29, 0.717) is 5.69 Å². The summed E-state index contributed by atoms with van der Waals surface area (Å²) in [5, 5.41) is 22.3. The van der Waals surface area contributed by atoms with Gasteiger partial charge in [0.15, 0.2) is 11.5 Å². The summed E-state index contributed by atoms with van der Waals surface area (Å²) in [6, 6.07) is 6.61. The van der Waals surface area contributed by atoms with Crippen LogP contribution in [0.3, 0.4) is 0 Å². The number of urea groups is 1. The van der Waals surface area contributed by atoms with Crippen LogP contribution in [0, 0.1) is 11.3 Å². The van der Waals surface area contributed by atoms with E-state index < -0.39 is 6.03 Å². The van der Waals surface area contributed by atoms with Crippen molar-refractivity contribution in [3.63, 3.8) is 0 Å². The second kappa shape index (κ2) is 8.19. The maximum absolute atomic E-state index is 12.2. The van der Waals surface area contributed by atoms with Crippen molar-refractivity contribution in [1.29, 1.82) is 5.26 Å². The largest absolute Gasteiger partial charge is 0.434 e. The van der Waals surface area contributed by atoms with Gasteiger partial charge >= 0.3 is 6.03 Å². The fourth-order valence-corrected chi connectivity index (χ4v) is 3.57. The predicted octanol–water partition coefficient (Wildman–Crippen LogP) is 3.71. The van der Waals surface area contributed by atoms with Gasteiger partial charge in [-0.1, -0.05) is 29.8 Å².